The first-order chi connectivity index (χ1) is 10.3. The van der Waals surface area contributed by atoms with E-state index < -0.39 is 0 Å². The zero-order valence-electron chi connectivity index (χ0n) is 14.4. The van der Waals surface area contributed by atoms with E-state index in [2.05, 4.69) is 71.0 Å². The zero-order valence-corrected chi connectivity index (χ0v) is 14.4. The number of Topliss-reactive ketones (excluding diaryl/α,β-unsaturated/α-hetero) is 1. The highest BCUT2D eigenvalue weighted by molar-refractivity contribution is 6.05. The normalized spacial score (nSPS) is 32.0. The molecule has 0 amide bonds. The fraction of sp³-hybridized carbons (Fsp3) is 0.476. The van der Waals surface area contributed by atoms with Gasteiger partial charge in [-0.15, -0.1) is 0 Å². The van der Waals surface area contributed by atoms with Crippen LogP contribution in [-0.4, -0.2) is 5.78 Å². The Hall–Kier alpha value is -1.63. The molecule has 2 saturated carbocycles. The van der Waals surface area contributed by atoms with Crippen molar-refractivity contribution in [2.75, 3.05) is 0 Å². The molecular weight excluding hydrogens is 268 g/mol. The van der Waals surface area contributed by atoms with Crippen molar-refractivity contribution in [3.05, 3.63) is 52.6 Å². The molecule has 2 bridgehead atoms. The van der Waals surface area contributed by atoms with Gasteiger partial charge in [-0.3, -0.25) is 4.79 Å². The summed E-state index contributed by atoms with van der Waals surface area (Å²) < 4.78 is 0. The molecule has 1 aromatic rings. The maximum atomic E-state index is 12.8. The molecule has 0 aromatic heterocycles. The molecule has 2 fully saturated rings. The Morgan fingerprint density at radius 2 is 1.82 bits per heavy atom. The van der Waals surface area contributed by atoms with Crippen molar-refractivity contribution in [1.29, 1.82) is 0 Å². The minimum absolute atomic E-state index is 0.0973. The van der Waals surface area contributed by atoms with E-state index in [4.69, 9.17) is 0 Å². The van der Waals surface area contributed by atoms with Gasteiger partial charge in [-0.05, 0) is 49.2 Å². The monoisotopic (exact) mass is 294 g/mol. The van der Waals surface area contributed by atoms with Crippen LogP contribution in [0.25, 0.3) is 6.08 Å². The largest absolute Gasteiger partial charge is 0.294 e. The van der Waals surface area contributed by atoms with E-state index >= 15 is 0 Å². The Morgan fingerprint density at radius 3 is 2.36 bits per heavy atom. The molecule has 0 aliphatic heterocycles. The van der Waals surface area contributed by atoms with Gasteiger partial charge < -0.3 is 0 Å². The van der Waals surface area contributed by atoms with Gasteiger partial charge in [0.15, 0.2) is 5.78 Å². The molecule has 0 heterocycles. The third-order valence-corrected chi connectivity index (χ3v) is 6.22. The second kappa shape index (κ2) is 4.94. The summed E-state index contributed by atoms with van der Waals surface area (Å²) in [5.74, 6) is 0.803. The van der Waals surface area contributed by atoms with Crippen molar-refractivity contribution in [1.82, 2.24) is 0 Å². The second-order valence-electron chi connectivity index (χ2n) is 7.87. The van der Waals surface area contributed by atoms with Crippen LogP contribution in [0.5, 0.6) is 0 Å². The highest BCUT2D eigenvalue weighted by atomic mass is 16.1. The summed E-state index contributed by atoms with van der Waals surface area (Å²) in [7, 11) is 0. The SMILES string of the molecule is CC(=Cc1ccc(C)cc1)/C=C1\C(=O)C2(C)CCC1C2(C)C. The van der Waals surface area contributed by atoms with Crippen molar-refractivity contribution < 1.29 is 4.79 Å². The van der Waals surface area contributed by atoms with Crippen LogP contribution in [0.1, 0.15) is 51.7 Å². The van der Waals surface area contributed by atoms with Crippen molar-refractivity contribution in [2.45, 2.75) is 47.5 Å². The predicted molar refractivity (Wildman–Crippen MR) is 92.5 cm³/mol. The number of aryl methyl sites for hydroxylation is 1. The Bertz CT molecular complexity index is 672. The van der Waals surface area contributed by atoms with Crippen molar-refractivity contribution >= 4 is 11.9 Å². The van der Waals surface area contributed by atoms with Crippen LogP contribution in [-0.2, 0) is 4.79 Å². The number of ketones is 1. The number of fused-ring (bicyclic) bond motifs is 2. The average molecular weight is 294 g/mol. The second-order valence-corrected chi connectivity index (χ2v) is 7.87. The van der Waals surface area contributed by atoms with Gasteiger partial charge in [0.2, 0.25) is 0 Å². The summed E-state index contributed by atoms with van der Waals surface area (Å²) >= 11 is 0. The Kier molecular flexibility index (Phi) is 3.43. The summed E-state index contributed by atoms with van der Waals surface area (Å²) in [6.45, 7) is 10.9. The van der Waals surface area contributed by atoms with Crippen LogP contribution in [0, 0.1) is 23.7 Å². The van der Waals surface area contributed by atoms with Crippen molar-refractivity contribution in [2.24, 2.45) is 16.7 Å². The lowest BCUT2D eigenvalue weighted by Gasteiger charge is -2.31. The molecule has 0 saturated heterocycles. The highest BCUT2D eigenvalue weighted by Gasteiger charge is 2.63. The van der Waals surface area contributed by atoms with Gasteiger partial charge in [-0.25, -0.2) is 0 Å². The lowest BCUT2D eigenvalue weighted by molar-refractivity contribution is -0.125. The minimum atomic E-state index is -0.159. The van der Waals surface area contributed by atoms with Crippen molar-refractivity contribution in [3.8, 4) is 0 Å². The molecule has 2 aliphatic carbocycles. The van der Waals surface area contributed by atoms with E-state index in [0.29, 0.717) is 11.7 Å². The average Bonchev–Trinajstić information content (AvgIpc) is 2.76. The van der Waals surface area contributed by atoms with Crippen LogP contribution < -0.4 is 0 Å². The summed E-state index contributed by atoms with van der Waals surface area (Å²) in [6, 6.07) is 8.51. The van der Waals surface area contributed by atoms with Gasteiger partial charge in [0.05, 0.1) is 0 Å². The predicted octanol–water partition coefficient (Wildman–Crippen LogP) is 5.35. The molecule has 0 spiro atoms. The molecule has 3 rings (SSSR count). The summed E-state index contributed by atoms with van der Waals surface area (Å²) in [6.07, 6.45) is 6.50. The fourth-order valence-electron chi connectivity index (χ4n) is 4.31. The van der Waals surface area contributed by atoms with Gasteiger partial charge in [0, 0.05) is 5.41 Å². The molecule has 1 heteroatoms. The van der Waals surface area contributed by atoms with Crippen molar-refractivity contribution in [3.63, 3.8) is 0 Å². The summed E-state index contributed by atoms with van der Waals surface area (Å²) in [5.41, 5.74) is 4.62. The quantitative estimate of drug-likeness (QED) is 0.672. The first-order valence-electron chi connectivity index (χ1n) is 8.27. The van der Waals surface area contributed by atoms with E-state index in [1.807, 2.05) is 0 Å². The first kappa shape index (κ1) is 15.3. The maximum absolute atomic E-state index is 12.8. The van der Waals surface area contributed by atoms with Gasteiger partial charge in [0.1, 0.15) is 0 Å². The summed E-state index contributed by atoms with van der Waals surface area (Å²) in [4.78, 5) is 12.8. The van der Waals surface area contributed by atoms with E-state index in [0.717, 1.165) is 18.4 Å². The van der Waals surface area contributed by atoms with E-state index in [1.165, 1.54) is 16.7 Å². The molecule has 1 nitrogen and oxygen atoms in total. The standard InChI is InChI=1S/C21H26O/c1-14-6-8-16(9-7-14)12-15(2)13-17-18-10-11-21(5,19(17)22)20(18,3)4/h6-9,12-13,18H,10-11H2,1-5H3/b15-12?,17-13-. The molecule has 2 aliphatic rings. The lowest BCUT2D eigenvalue weighted by atomic mass is 9.70. The number of hydrogen-bond donors (Lipinski definition) is 0. The molecule has 2 atom stereocenters. The number of carbonyl (C=O) groups is 1. The smallest absolute Gasteiger partial charge is 0.165 e. The Labute approximate surface area is 134 Å². The number of hydrogen-bond acceptors (Lipinski definition) is 1. The molecule has 2 unspecified atom stereocenters. The Balaban J connectivity index is 1.93. The molecule has 0 N–H and O–H groups in total. The van der Waals surface area contributed by atoms with Crippen LogP contribution >= 0.6 is 0 Å². The van der Waals surface area contributed by atoms with Gasteiger partial charge in [0.25, 0.3) is 0 Å². The third-order valence-electron chi connectivity index (χ3n) is 6.22. The van der Waals surface area contributed by atoms with E-state index in [9.17, 15) is 4.79 Å². The van der Waals surface area contributed by atoms with Crippen LogP contribution in [0.2, 0.25) is 0 Å². The molecule has 22 heavy (non-hydrogen) atoms. The van der Waals surface area contributed by atoms with Gasteiger partial charge >= 0.3 is 0 Å². The van der Waals surface area contributed by atoms with E-state index in [1.54, 1.807) is 0 Å². The number of carbonyl (C=O) groups excluding carboxylic acids is 1. The molecule has 116 valence electrons. The van der Waals surface area contributed by atoms with E-state index in [-0.39, 0.29) is 10.8 Å². The number of allylic oxidation sites excluding steroid dienone is 3. The third kappa shape index (κ3) is 2.10. The lowest BCUT2D eigenvalue weighted by Crippen LogP contribution is -2.32. The Morgan fingerprint density at radius 1 is 1.18 bits per heavy atom. The van der Waals surface area contributed by atoms with Gasteiger partial charge in [-0.1, -0.05) is 68.3 Å². The maximum Gasteiger partial charge on any atom is 0.165 e. The number of rotatable bonds is 2. The van der Waals surface area contributed by atoms with Crippen LogP contribution in [0.3, 0.4) is 0 Å². The highest BCUT2D eigenvalue weighted by Crippen LogP contribution is 2.65. The molecular formula is C21H26O. The number of benzene rings is 1. The van der Waals surface area contributed by atoms with Crippen LogP contribution in [0.4, 0.5) is 0 Å². The fourth-order valence-corrected chi connectivity index (χ4v) is 4.31. The van der Waals surface area contributed by atoms with Gasteiger partial charge in [-0.2, -0.15) is 0 Å². The minimum Gasteiger partial charge on any atom is -0.294 e. The molecule has 1 aromatic carbocycles. The summed E-state index contributed by atoms with van der Waals surface area (Å²) in [5, 5.41) is 0. The first-order valence-corrected chi connectivity index (χ1v) is 8.27. The topological polar surface area (TPSA) is 17.1 Å². The zero-order chi connectivity index (χ0) is 16.1. The molecule has 0 radical (unpaired) electrons. The van der Waals surface area contributed by atoms with Crippen LogP contribution in [0.15, 0.2) is 41.5 Å².